The largest absolute Gasteiger partial charge is 0.245 e. The van der Waals surface area contributed by atoms with E-state index in [0.29, 0.717) is 0 Å². The van der Waals surface area contributed by atoms with E-state index in [4.69, 9.17) is 0 Å². The average molecular weight is 187 g/mol. The lowest BCUT2D eigenvalue weighted by Crippen LogP contribution is -1.81. The van der Waals surface area contributed by atoms with Gasteiger partial charge in [0.05, 0.1) is 11.2 Å². The van der Waals surface area contributed by atoms with Gasteiger partial charge >= 0.3 is 0 Å². The van der Waals surface area contributed by atoms with E-state index in [9.17, 15) is 0 Å². The predicted molar refractivity (Wildman–Crippen MR) is 57.6 cm³/mol. The van der Waals surface area contributed by atoms with Gasteiger partial charge in [-0.1, -0.05) is 36.9 Å². The summed E-state index contributed by atoms with van der Waals surface area (Å²) in [5.41, 5.74) is 5.16. The molecule has 1 heterocycles. The van der Waals surface area contributed by atoms with E-state index in [1.165, 1.54) is 0 Å². The molecule has 2 rings (SSSR count). The molecule has 0 fully saturated rings. The van der Waals surface area contributed by atoms with Crippen LogP contribution in [0.5, 0.6) is 0 Å². The summed E-state index contributed by atoms with van der Waals surface area (Å²) >= 11 is 1.61. The molecule has 0 amide bonds. The van der Waals surface area contributed by atoms with E-state index in [-0.39, 0.29) is 0 Å². The summed E-state index contributed by atoms with van der Waals surface area (Å²) < 4.78 is 0. The fourth-order valence-electron chi connectivity index (χ4n) is 1.25. The normalized spacial score (nSPS) is 9.85. The summed E-state index contributed by atoms with van der Waals surface area (Å²) in [6.45, 7) is 3.78. The van der Waals surface area contributed by atoms with Crippen molar-refractivity contribution >= 4 is 17.4 Å². The summed E-state index contributed by atoms with van der Waals surface area (Å²) in [5.74, 6) is 0. The maximum Gasteiger partial charge on any atom is 0.0817 e. The van der Waals surface area contributed by atoms with Gasteiger partial charge in [-0.15, -0.1) is 11.3 Å². The van der Waals surface area contributed by atoms with Crippen molar-refractivity contribution in [2.45, 2.75) is 0 Å². The summed E-state index contributed by atoms with van der Waals surface area (Å²) in [7, 11) is 0. The fraction of sp³-hybridized carbons (Fsp3) is 0. The predicted octanol–water partition coefficient (Wildman–Crippen LogP) is 3.45. The second-order valence-corrected chi connectivity index (χ2v) is 3.38. The first kappa shape index (κ1) is 8.20. The zero-order valence-electron chi connectivity index (χ0n) is 7.10. The molecule has 2 aromatic rings. The second-order valence-electron chi connectivity index (χ2n) is 2.67. The molecule has 0 spiro atoms. The minimum absolute atomic E-state index is 1.03. The van der Waals surface area contributed by atoms with Gasteiger partial charge in [-0.25, -0.2) is 4.98 Å². The van der Waals surface area contributed by atoms with E-state index < -0.39 is 0 Å². The number of hydrogen-bond donors (Lipinski definition) is 0. The quantitative estimate of drug-likeness (QED) is 0.701. The van der Waals surface area contributed by atoms with E-state index in [0.717, 1.165) is 16.8 Å². The van der Waals surface area contributed by atoms with Gasteiger partial charge in [0.15, 0.2) is 0 Å². The highest BCUT2D eigenvalue weighted by molar-refractivity contribution is 7.07. The van der Waals surface area contributed by atoms with Gasteiger partial charge in [-0.3, -0.25) is 0 Å². The molecule has 0 aliphatic carbocycles. The van der Waals surface area contributed by atoms with Crippen LogP contribution in [-0.2, 0) is 0 Å². The van der Waals surface area contributed by atoms with Crippen LogP contribution in [0.25, 0.3) is 17.3 Å². The maximum atomic E-state index is 4.27. The monoisotopic (exact) mass is 187 g/mol. The first-order chi connectivity index (χ1) is 6.42. The highest BCUT2D eigenvalue weighted by Gasteiger charge is 2.02. The van der Waals surface area contributed by atoms with Gasteiger partial charge < -0.3 is 0 Å². The van der Waals surface area contributed by atoms with E-state index in [1.807, 2.05) is 35.2 Å². The van der Waals surface area contributed by atoms with Gasteiger partial charge in [0.2, 0.25) is 0 Å². The first-order valence-electron chi connectivity index (χ1n) is 4.02. The van der Waals surface area contributed by atoms with Crippen LogP contribution in [0.2, 0.25) is 0 Å². The Balaban J connectivity index is 2.57. The van der Waals surface area contributed by atoms with Gasteiger partial charge in [-0.2, -0.15) is 0 Å². The third kappa shape index (κ3) is 1.53. The van der Waals surface area contributed by atoms with Crippen molar-refractivity contribution in [2.75, 3.05) is 0 Å². The lowest BCUT2D eigenvalue weighted by molar-refractivity contribution is 1.40. The molecule has 0 N–H and O–H groups in total. The number of benzene rings is 1. The molecule has 1 nitrogen and oxygen atoms in total. The molecule has 0 saturated heterocycles. The molecule has 2 heteroatoms. The minimum Gasteiger partial charge on any atom is -0.245 e. The van der Waals surface area contributed by atoms with Gasteiger partial charge in [0.25, 0.3) is 0 Å². The van der Waals surface area contributed by atoms with Crippen LogP contribution in [0.3, 0.4) is 0 Å². The number of thiazole rings is 1. The molecule has 13 heavy (non-hydrogen) atoms. The smallest absolute Gasteiger partial charge is 0.0817 e. The Morgan fingerprint density at radius 2 is 2.15 bits per heavy atom. The number of hydrogen-bond acceptors (Lipinski definition) is 2. The Bertz CT molecular complexity index is 404. The Morgan fingerprint density at radius 3 is 2.85 bits per heavy atom. The highest BCUT2D eigenvalue weighted by atomic mass is 32.1. The van der Waals surface area contributed by atoms with Crippen molar-refractivity contribution in [3.63, 3.8) is 0 Å². The van der Waals surface area contributed by atoms with Crippen LogP contribution in [0.1, 0.15) is 5.56 Å². The maximum absolute atomic E-state index is 4.27. The molecule has 64 valence electrons. The third-order valence-electron chi connectivity index (χ3n) is 1.89. The van der Waals surface area contributed by atoms with E-state index in [2.05, 4.69) is 17.6 Å². The van der Waals surface area contributed by atoms with E-state index in [1.54, 1.807) is 11.3 Å². The highest BCUT2D eigenvalue weighted by Crippen LogP contribution is 2.23. The fourth-order valence-corrected chi connectivity index (χ4v) is 1.81. The summed E-state index contributed by atoms with van der Waals surface area (Å²) in [5, 5.41) is 2.04. The zero-order chi connectivity index (χ0) is 9.10. The van der Waals surface area contributed by atoms with Crippen molar-refractivity contribution in [3.05, 3.63) is 47.3 Å². The number of rotatable bonds is 2. The molecule has 0 aliphatic heterocycles. The Labute approximate surface area is 81.4 Å². The number of nitrogens with zero attached hydrogens (tertiary/aromatic N) is 1. The molecule has 0 radical (unpaired) electrons. The molecule has 0 unspecified atom stereocenters. The minimum atomic E-state index is 1.03. The van der Waals surface area contributed by atoms with Crippen molar-refractivity contribution in [3.8, 4) is 11.3 Å². The van der Waals surface area contributed by atoms with Crippen LogP contribution >= 0.6 is 11.3 Å². The molecule has 1 aromatic carbocycles. The topological polar surface area (TPSA) is 12.9 Å². The van der Waals surface area contributed by atoms with E-state index >= 15 is 0 Å². The molecular weight excluding hydrogens is 178 g/mol. The SMILES string of the molecule is C=Cc1ccccc1-c1cscn1. The lowest BCUT2D eigenvalue weighted by Gasteiger charge is -2.00. The first-order valence-corrected chi connectivity index (χ1v) is 4.96. The zero-order valence-corrected chi connectivity index (χ0v) is 7.92. The van der Waals surface area contributed by atoms with Crippen LogP contribution in [0.15, 0.2) is 41.7 Å². The Hall–Kier alpha value is -1.41. The molecule has 0 aliphatic rings. The standard InChI is InChI=1S/C11H9NS/c1-2-9-5-3-4-6-10(9)11-7-13-8-12-11/h2-8H,1H2. The van der Waals surface area contributed by atoms with Crippen molar-refractivity contribution < 1.29 is 0 Å². The van der Waals surface area contributed by atoms with Gasteiger partial charge in [0, 0.05) is 10.9 Å². The average Bonchev–Trinajstić information content (AvgIpc) is 2.70. The van der Waals surface area contributed by atoms with Crippen LogP contribution < -0.4 is 0 Å². The third-order valence-corrected chi connectivity index (χ3v) is 2.48. The number of aromatic nitrogens is 1. The molecule has 1 aromatic heterocycles. The Morgan fingerprint density at radius 1 is 1.31 bits per heavy atom. The van der Waals surface area contributed by atoms with Gasteiger partial charge in [-0.05, 0) is 5.56 Å². The van der Waals surface area contributed by atoms with Crippen molar-refractivity contribution in [2.24, 2.45) is 0 Å². The Kier molecular flexibility index (Phi) is 2.23. The lowest BCUT2D eigenvalue weighted by atomic mass is 10.1. The summed E-state index contributed by atoms with van der Waals surface area (Å²) in [4.78, 5) is 4.27. The van der Waals surface area contributed by atoms with Crippen LogP contribution in [-0.4, -0.2) is 4.98 Å². The molecule has 0 bridgehead atoms. The van der Waals surface area contributed by atoms with Crippen LogP contribution in [0.4, 0.5) is 0 Å². The molecule has 0 atom stereocenters. The molecule has 0 saturated carbocycles. The van der Waals surface area contributed by atoms with Crippen molar-refractivity contribution in [1.29, 1.82) is 0 Å². The van der Waals surface area contributed by atoms with Gasteiger partial charge in [0.1, 0.15) is 0 Å². The molecular formula is C11H9NS. The van der Waals surface area contributed by atoms with Crippen LogP contribution in [0, 0.1) is 0 Å². The van der Waals surface area contributed by atoms with Crippen molar-refractivity contribution in [1.82, 2.24) is 4.98 Å². The second kappa shape index (κ2) is 3.54. The summed E-state index contributed by atoms with van der Waals surface area (Å²) in [6, 6.07) is 8.13. The summed E-state index contributed by atoms with van der Waals surface area (Å²) in [6.07, 6.45) is 1.86.